The average molecular weight is 257 g/mol. The standard InChI is InChI=1S/C14H15N3S/c1-10-7-8-15-13(9-10)17-14(18)16-12-6-4-3-5-11(12)2/h3-9H,1-2H3,(H2,15,16,17,18). The monoisotopic (exact) mass is 257 g/mol. The highest BCUT2D eigenvalue weighted by molar-refractivity contribution is 7.80. The van der Waals surface area contributed by atoms with Gasteiger partial charge < -0.3 is 10.6 Å². The van der Waals surface area contributed by atoms with E-state index in [-0.39, 0.29) is 0 Å². The maximum absolute atomic E-state index is 5.26. The summed E-state index contributed by atoms with van der Waals surface area (Å²) in [6, 6.07) is 11.9. The number of anilines is 2. The van der Waals surface area contributed by atoms with Gasteiger partial charge in [0.15, 0.2) is 5.11 Å². The van der Waals surface area contributed by atoms with E-state index in [0.29, 0.717) is 5.11 Å². The lowest BCUT2D eigenvalue weighted by molar-refractivity contribution is 1.28. The predicted molar refractivity (Wildman–Crippen MR) is 80.0 cm³/mol. The van der Waals surface area contributed by atoms with Gasteiger partial charge in [0.2, 0.25) is 0 Å². The van der Waals surface area contributed by atoms with Crippen LogP contribution >= 0.6 is 12.2 Å². The highest BCUT2D eigenvalue weighted by atomic mass is 32.1. The van der Waals surface area contributed by atoms with Gasteiger partial charge in [-0.05, 0) is 55.4 Å². The van der Waals surface area contributed by atoms with Crippen molar-refractivity contribution < 1.29 is 0 Å². The molecule has 1 aromatic heterocycles. The van der Waals surface area contributed by atoms with Crippen LogP contribution in [-0.4, -0.2) is 10.1 Å². The van der Waals surface area contributed by atoms with Crippen molar-refractivity contribution in [3.05, 3.63) is 53.7 Å². The van der Waals surface area contributed by atoms with Crippen LogP contribution in [0.15, 0.2) is 42.6 Å². The van der Waals surface area contributed by atoms with Gasteiger partial charge in [-0.15, -0.1) is 0 Å². The molecule has 2 rings (SSSR count). The van der Waals surface area contributed by atoms with Crippen LogP contribution in [0, 0.1) is 13.8 Å². The fourth-order valence-electron chi connectivity index (χ4n) is 1.59. The van der Waals surface area contributed by atoms with Crippen LogP contribution in [0.3, 0.4) is 0 Å². The van der Waals surface area contributed by atoms with E-state index in [2.05, 4.69) is 15.6 Å². The zero-order valence-corrected chi connectivity index (χ0v) is 11.2. The smallest absolute Gasteiger partial charge is 0.176 e. The summed E-state index contributed by atoms with van der Waals surface area (Å²) in [4.78, 5) is 4.20. The summed E-state index contributed by atoms with van der Waals surface area (Å²) < 4.78 is 0. The summed E-state index contributed by atoms with van der Waals surface area (Å²) in [7, 11) is 0. The van der Waals surface area contributed by atoms with Crippen molar-refractivity contribution in [3.63, 3.8) is 0 Å². The van der Waals surface area contributed by atoms with E-state index in [1.165, 1.54) is 0 Å². The number of aromatic nitrogens is 1. The highest BCUT2D eigenvalue weighted by Gasteiger charge is 2.01. The van der Waals surface area contributed by atoms with E-state index in [4.69, 9.17) is 12.2 Å². The maximum atomic E-state index is 5.26. The number of hydrogen-bond donors (Lipinski definition) is 2. The Bertz CT molecular complexity index is 566. The Kier molecular flexibility index (Phi) is 3.89. The third-order valence-electron chi connectivity index (χ3n) is 2.55. The van der Waals surface area contributed by atoms with Crippen LogP contribution < -0.4 is 10.6 Å². The van der Waals surface area contributed by atoms with Gasteiger partial charge >= 0.3 is 0 Å². The Morgan fingerprint density at radius 1 is 1.11 bits per heavy atom. The minimum Gasteiger partial charge on any atom is -0.332 e. The van der Waals surface area contributed by atoms with Gasteiger partial charge in [-0.2, -0.15) is 0 Å². The van der Waals surface area contributed by atoms with Crippen molar-refractivity contribution in [2.75, 3.05) is 10.6 Å². The zero-order valence-electron chi connectivity index (χ0n) is 10.4. The Morgan fingerprint density at radius 2 is 1.89 bits per heavy atom. The molecule has 0 aliphatic rings. The minimum absolute atomic E-state index is 0.544. The van der Waals surface area contributed by atoms with Crippen molar-refractivity contribution >= 4 is 28.8 Å². The van der Waals surface area contributed by atoms with Crippen LogP contribution in [0.4, 0.5) is 11.5 Å². The second-order valence-electron chi connectivity index (χ2n) is 4.11. The van der Waals surface area contributed by atoms with Crippen molar-refractivity contribution in [2.45, 2.75) is 13.8 Å². The molecular formula is C14H15N3S. The van der Waals surface area contributed by atoms with Crippen molar-refractivity contribution in [1.29, 1.82) is 0 Å². The molecule has 1 heterocycles. The largest absolute Gasteiger partial charge is 0.332 e. The molecule has 0 saturated heterocycles. The SMILES string of the molecule is Cc1ccnc(NC(=S)Nc2ccccc2C)c1. The molecule has 4 heteroatoms. The maximum Gasteiger partial charge on any atom is 0.176 e. The molecule has 92 valence electrons. The number of hydrogen-bond acceptors (Lipinski definition) is 2. The molecule has 0 aliphatic carbocycles. The van der Waals surface area contributed by atoms with Crippen molar-refractivity contribution in [2.24, 2.45) is 0 Å². The van der Waals surface area contributed by atoms with Gasteiger partial charge in [-0.1, -0.05) is 18.2 Å². The molecule has 0 unspecified atom stereocenters. The van der Waals surface area contributed by atoms with Crippen molar-refractivity contribution in [3.8, 4) is 0 Å². The van der Waals surface area contributed by atoms with Gasteiger partial charge in [-0.3, -0.25) is 0 Å². The van der Waals surface area contributed by atoms with E-state index in [1.807, 2.05) is 50.2 Å². The third-order valence-corrected chi connectivity index (χ3v) is 2.75. The molecule has 3 nitrogen and oxygen atoms in total. The van der Waals surface area contributed by atoms with Gasteiger partial charge in [-0.25, -0.2) is 4.98 Å². The second kappa shape index (κ2) is 5.60. The Hall–Kier alpha value is -1.94. The lowest BCUT2D eigenvalue weighted by atomic mass is 10.2. The third kappa shape index (κ3) is 3.28. The summed E-state index contributed by atoms with van der Waals surface area (Å²) in [6.07, 6.45) is 1.76. The lowest BCUT2D eigenvalue weighted by Gasteiger charge is -2.11. The van der Waals surface area contributed by atoms with Gasteiger partial charge in [0, 0.05) is 11.9 Å². The fraction of sp³-hybridized carbons (Fsp3) is 0.143. The topological polar surface area (TPSA) is 37.0 Å². The summed E-state index contributed by atoms with van der Waals surface area (Å²) in [5.74, 6) is 0.751. The average Bonchev–Trinajstić information content (AvgIpc) is 2.32. The Morgan fingerprint density at radius 3 is 2.61 bits per heavy atom. The predicted octanol–water partition coefficient (Wildman–Crippen LogP) is 3.51. The molecule has 0 bridgehead atoms. The summed E-state index contributed by atoms with van der Waals surface area (Å²) >= 11 is 5.26. The number of nitrogens with zero attached hydrogens (tertiary/aromatic N) is 1. The number of thiocarbonyl (C=S) groups is 1. The molecule has 2 N–H and O–H groups in total. The van der Waals surface area contributed by atoms with Crippen LogP contribution in [0.2, 0.25) is 0 Å². The zero-order chi connectivity index (χ0) is 13.0. The van der Waals surface area contributed by atoms with Crippen LogP contribution in [0.5, 0.6) is 0 Å². The van der Waals surface area contributed by atoms with Crippen molar-refractivity contribution in [1.82, 2.24) is 4.98 Å². The van der Waals surface area contributed by atoms with Gasteiger partial charge in [0.1, 0.15) is 5.82 Å². The molecule has 0 radical (unpaired) electrons. The summed E-state index contributed by atoms with van der Waals surface area (Å²) in [5, 5.41) is 6.77. The Labute approximate surface area is 112 Å². The van der Waals surface area contributed by atoms with Gasteiger partial charge in [0.25, 0.3) is 0 Å². The molecule has 1 aromatic carbocycles. The first-order valence-electron chi connectivity index (χ1n) is 5.71. The first kappa shape index (κ1) is 12.5. The van der Waals surface area contributed by atoms with E-state index >= 15 is 0 Å². The minimum atomic E-state index is 0.544. The molecule has 18 heavy (non-hydrogen) atoms. The van der Waals surface area contributed by atoms with Crippen LogP contribution in [0.25, 0.3) is 0 Å². The molecule has 0 fully saturated rings. The lowest BCUT2D eigenvalue weighted by Crippen LogP contribution is -2.20. The fourth-order valence-corrected chi connectivity index (χ4v) is 1.80. The molecule has 2 aromatic rings. The van der Waals surface area contributed by atoms with E-state index < -0.39 is 0 Å². The van der Waals surface area contributed by atoms with Gasteiger partial charge in [0.05, 0.1) is 0 Å². The van der Waals surface area contributed by atoms with E-state index in [9.17, 15) is 0 Å². The molecule has 0 spiro atoms. The first-order valence-corrected chi connectivity index (χ1v) is 6.12. The quantitative estimate of drug-likeness (QED) is 0.807. The van der Waals surface area contributed by atoms with E-state index in [1.54, 1.807) is 6.20 Å². The Balaban J connectivity index is 2.03. The molecular weight excluding hydrogens is 242 g/mol. The summed E-state index contributed by atoms with van der Waals surface area (Å²) in [5.41, 5.74) is 3.30. The molecule has 0 atom stereocenters. The first-order chi connectivity index (χ1) is 8.65. The number of para-hydroxylation sites is 1. The number of rotatable bonds is 2. The number of benzene rings is 1. The highest BCUT2D eigenvalue weighted by Crippen LogP contribution is 2.14. The molecule has 0 amide bonds. The normalized spacial score (nSPS) is 9.89. The molecule has 0 saturated carbocycles. The second-order valence-corrected chi connectivity index (χ2v) is 4.52. The number of pyridine rings is 1. The van der Waals surface area contributed by atoms with Crippen LogP contribution in [0.1, 0.15) is 11.1 Å². The van der Waals surface area contributed by atoms with Crippen LogP contribution in [-0.2, 0) is 0 Å². The number of nitrogens with one attached hydrogen (secondary N) is 2. The molecule has 0 aliphatic heterocycles. The van der Waals surface area contributed by atoms with E-state index in [0.717, 1.165) is 22.6 Å². The number of aryl methyl sites for hydroxylation is 2. The summed E-state index contributed by atoms with van der Waals surface area (Å²) in [6.45, 7) is 4.06.